The number of rotatable bonds is 7. The number of hydrogen-bond acceptors (Lipinski definition) is 3. The van der Waals surface area contributed by atoms with Gasteiger partial charge in [0.2, 0.25) is 15.9 Å². The van der Waals surface area contributed by atoms with E-state index in [-0.39, 0.29) is 23.4 Å². The fourth-order valence-corrected chi connectivity index (χ4v) is 5.81. The Kier molecular flexibility index (Phi) is 7.55. The van der Waals surface area contributed by atoms with Gasteiger partial charge in [-0.2, -0.15) is 4.31 Å². The summed E-state index contributed by atoms with van der Waals surface area (Å²) < 4.78 is 28.2. The van der Waals surface area contributed by atoms with E-state index < -0.39 is 10.0 Å². The molecule has 2 aromatic carbocycles. The number of nitrogens with one attached hydrogen (secondary N) is 1. The molecule has 0 aromatic heterocycles. The monoisotopic (exact) mass is 448 g/mol. The fourth-order valence-electron chi connectivity index (χ4n) is 4.04. The van der Waals surface area contributed by atoms with E-state index in [0.29, 0.717) is 5.02 Å². The first-order chi connectivity index (χ1) is 14.3. The summed E-state index contributed by atoms with van der Waals surface area (Å²) in [7, 11) is -3.82. The molecule has 5 nitrogen and oxygen atoms in total. The lowest BCUT2D eigenvalue weighted by molar-refractivity contribution is -0.116. The zero-order chi connectivity index (χ0) is 21.7. The molecule has 0 unspecified atom stereocenters. The SMILES string of the molecule is CCc1cccc(C)c1NC(=O)CN(C1CCCCC1)S(=O)(=O)c1ccc(Cl)cc1. The second-order valence-corrected chi connectivity index (χ2v) is 10.1. The summed E-state index contributed by atoms with van der Waals surface area (Å²) in [5.41, 5.74) is 2.78. The van der Waals surface area contributed by atoms with Gasteiger partial charge in [0, 0.05) is 16.8 Å². The van der Waals surface area contributed by atoms with E-state index >= 15 is 0 Å². The fraction of sp³-hybridized carbons (Fsp3) is 0.435. The Balaban J connectivity index is 1.88. The lowest BCUT2D eigenvalue weighted by atomic mass is 9.95. The average Bonchev–Trinajstić information content (AvgIpc) is 2.74. The quantitative estimate of drug-likeness (QED) is 0.635. The largest absolute Gasteiger partial charge is 0.324 e. The van der Waals surface area contributed by atoms with Crippen molar-refractivity contribution in [3.63, 3.8) is 0 Å². The summed E-state index contributed by atoms with van der Waals surface area (Å²) in [6.07, 6.45) is 5.36. The van der Waals surface area contributed by atoms with E-state index in [4.69, 9.17) is 11.6 Å². The van der Waals surface area contributed by atoms with E-state index in [2.05, 4.69) is 5.32 Å². The number of aryl methyl sites for hydroxylation is 2. The van der Waals surface area contributed by atoms with Crippen LogP contribution in [0.2, 0.25) is 5.02 Å². The Morgan fingerprint density at radius 3 is 2.40 bits per heavy atom. The van der Waals surface area contributed by atoms with Crippen molar-refractivity contribution in [1.29, 1.82) is 0 Å². The van der Waals surface area contributed by atoms with Crippen LogP contribution in [-0.2, 0) is 21.2 Å². The summed E-state index contributed by atoms with van der Waals surface area (Å²) in [5.74, 6) is -0.317. The molecule has 0 aliphatic heterocycles. The number of nitrogens with zero attached hydrogens (tertiary/aromatic N) is 1. The van der Waals surface area contributed by atoms with Crippen LogP contribution in [0, 0.1) is 6.92 Å². The first kappa shape index (κ1) is 22.8. The Bertz CT molecular complexity index is 984. The highest BCUT2D eigenvalue weighted by atomic mass is 35.5. The molecule has 0 heterocycles. The predicted octanol–water partition coefficient (Wildman–Crippen LogP) is 5.17. The third kappa shape index (κ3) is 5.23. The van der Waals surface area contributed by atoms with Crippen LogP contribution >= 0.6 is 11.6 Å². The smallest absolute Gasteiger partial charge is 0.243 e. The summed E-state index contributed by atoms with van der Waals surface area (Å²) in [5, 5.41) is 3.44. The highest BCUT2D eigenvalue weighted by Crippen LogP contribution is 2.29. The third-order valence-electron chi connectivity index (χ3n) is 5.71. The van der Waals surface area contributed by atoms with Crippen molar-refractivity contribution in [1.82, 2.24) is 4.31 Å². The van der Waals surface area contributed by atoms with Crippen LogP contribution in [0.3, 0.4) is 0 Å². The van der Waals surface area contributed by atoms with Gasteiger partial charge >= 0.3 is 0 Å². The Hall–Kier alpha value is -1.89. The minimum Gasteiger partial charge on any atom is -0.324 e. The molecular formula is C23H29ClN2O3S. The minimum atomic E-state index is -3.82. The number of benzene rings is 2. The van der Waals surface area contributed by atoms with Crippen LogP contribution < -0.4 is 5.32 Å². The summed E-state index contributed by atoms with van der Waals surface area (Å²) >= 11 is 5.94. The van der Waals surface area contributed by atoms with Crippen LogP contribution in [0.15, 0.2) is 47.4 Å². The number of hydrogen-bond donors (Lipinski definition) is 1. The van der Waals surface area contributed by atoms with Gasteiger partial charge in [-0.3, -0.25) is 4.79 Å². The van der Waals surface area contributed by atoms with Crippen LogP contribution in [0.4, 0.5) is 5.69 Å². The van der Waals surface area contributed by atoms with Crippen LogP contribution in [0.5, 0.6) is 0 Å². The van der Waals surface area contributed by atoms with Crippen molar-refractivity contribution < 1.29 is 13.2 Å². The molecule has 1 fully saturated rings. The van der Waals surface area contributed by atoms with E-state index in [1.807, 2.05) is 32.0 Å². The van der Waals surface area contributed by atoms with Gasteiger partial charge < -0.3 is 5.32 Å². The number of anilines is 1. The van der Waals surface area contributed by atoms with E-state index in [1.54, 1.807) is 12.1 Å². The van der Waals surface area contributed by atoms with Crippen LogP contribution in [-0.4, -0.2) is 31.2 Å². The average molecular weight is 449 g/mol. The summed E-state index contributed by atoms with van der Waals surface area (Å²) in [6, 6.07) is 11.8. The predicted molar refractivity (Wildman–Crippen MR) is 121 cm³/mol. The normalized spacial score (nSPS) is 15.3. The van der Waals surface area contributed by atoms with Gasteiger partial charge in [0.05, 0.1) is 11.4 Å². The van der Waals surface area contributed by atoms with E-state index in [0.717, 1.165) is 55.3 Å². The minimum absolute atomic E-state index is 0.162. The Morgan fingerprint density at radius 2 is 1.77 bits per heavy atom. The van der Waals surface area contributed by atoms with Crippen molar-refractivity contribution in [2.45, 2.75) is 63.3 Å². The number of halogens is 1. The molecule has 1 saturated carbocycles. The van der Waals surface area contributed by atoms with Gasteiger partial charge in [0.1, 0.15) is 0 Å². The third-order valence-corrected chi connectivity index (χ3v) is 7.87. The zero-order valence-electron chi connectivity index (χ0n) is 17.5. The number of carbonyl (C=O) groups excluding carboxylic acids is 1. The molecule has 30 heavy (non-hydrogen) atoms. The summed E-state index contributed by atoms with van der Waals surface area (Å²) in [6.45, 7) is 3.77. The topological polar surface area (TPSA) is 66.5 Å². The van der Waals surface area contributed by atoms with Crippen molar-refractivity contribution in [2.75, 3.05) is 11.9 Å². The molecule has 3 rings (SSSR count). The van der Waals surface area contributed by atoms with Gasteiger partial charge in [-0.1, -0.05) is 56.0 Å². The zero-order valence-corrected chi connectivity index (χ0v) is 19.1. The van der Waals surface area contributed by atoms with Gasteiger partial charge in [-0.25, -0.2) is 8.42 Å². The van der Waals surface area contributed by atoms with Crippen molar-refractivity contribution in [3.8, 4) is 0 Å². The molecule has 2 aromatic rings. The standard InChI is InChI=1S/C23H29ClN2O3S/c1-3-18-9-7-8-17(2)23(18)25-22(27)16-26(20-10-5-4-6-11-20)30(28,29)21-14-12-19(24)13-15-21/h7-9,12-15,20H,3-6,10-11,16H2,1-2H3,(H,25,27). The van der Waals surface area contributed by atoms with Gasteiger partial charge in [0.25, 0.3) is 0 Å². The molecule has 0 atom stereocenters. The van der Waals surface area contributed by atoms with Crippen LogP contribution in [0.1, 0.15) is 50.2 Å². The molecule has 0 bridgehead atoms. The molecular weight excluding hydrogens is 420 g/mol. The van der Waals surface area contributed by atoms with E-state index in [1.165, 1.54) is 16.4 Å². The van der Waals surface area contributed by atoms with E-state index in [9.17, 15) is 13.2 Å². The first-order valence-electron chi connectivity index (χ1n) is 10.5. The molecule has 162 valence electrons. The highest BCUT2D eigenvalue weighted by molar-refractivity contribution is 7.89. The maximum Gasteiger partial charge on any atom is 0.243 e. The lowest BCUT2D eigenvalue weighted by Crippen LogP contribution is -2.45. The van der Waals surface area contributed by atoms with Crippen LogP contribution in [0.25, 0.3) is 0 Å². The number of sulfonamides is 1. The maximum absolute atomic E-state index is 13.4. The molecule has 0 spiro atoms. The Labute approximate surface area is 184 Å². The summed E-state index contributed by atoms with van der Waals surface area (Å²) in [4.78, 5) is 13.1. The molecule has 1 aliphatic carbocycles. The maximum atomic E-state index is 13.4. The molecule has 7 heteroatoms. The Morgan fingerprint density at radius 1 is 1.10 bits per heavy atom. The lowest BCUT2D eigenvalue weighted by Gasteiger charge is -2.33. The first-order valence-corrected chi connectivity index (χ1v) is 12.3. The molecule has 0 saturated heterocycles. The molecule has 1 aliphatic rings. The second-order valence-electron chi connectivity index (χ2n) is 7.81. The second kappa shape index (κ2) is 9.94. The van der Waals surface area contributed by atoms with Gasteiger partial charge in [-0.15, -0.1) is 0 Å². The van der Waals surface area contributed by atoms with Gasteiger partial charge in [-0.05, 0) is 61.6 Å². The van der Waals surface area contributed by atoms with Crippen molar-refractivity contribution in [2.24, 2.45) is 0 Å². The molecule has 1 N–H and O–H groups in total. The highest BCUT2D eigenvalue weighted by Gasteiger charge is 2.34. The van der Waals surface area contributed by atoms with Crippen molar-refractivity contribution in [3.05, 3.63) is 58.6 Å². The van der Waals surface area contributed by atoms with Crippen molar-refractivity contribution >= 4 is 33.2 Å². The number of amides is 1. The van der Waals surface area contributed by atoms with Gasteiger partial charge in [0.15, 0.2) is 0 Å². The molecule has 0 radical (unpaired) electrons. The number of para-hydroxylation sites is 1. The number of carbonyl (C=O) groups is 1. The molecule has 1 amide bonds.